The van der Waals surface area contributed by atoms with Crippen molar-refractivity contribution in [3.63, 3.8) is 0 Å². The van der Waals surface area contributed by atoms with Crippen molar-refractivity contribution in [3.05, 3.63) is 36.5 Å². The molecule has 0 aromatic heterocycles. The Hall–Kier alpha value is -1.92. The summed E-state index contributed by atoms with van der Waals surface area (Å²) in [5.41, 5.74) is 0. The summed E-state index contributed by atoms with van der Waals surface area (Å²) in [6.07, 6.45) is 74.3. The lowest BCUT2D eigenvalue weighted by Gasteiger charge is -2.22. The molecule has 3 N–H and O–H groups in total. The van der Waals surface area contributed by atoms with Crippen LogP contribution in [0.1, 0.15) is 335 Å². The summed E-state index contributed by atoms with van der Waals surface area (Å²) in [5.74, 6) is -0.0710. The Labute approximate surface area is 436 Å². The number of unbranched alkanes of at least 4 members (excludes halogenated alkanes) is 41. The van der Waals surface area contributed by atoms with Crippen LogP contribution in [0, 0.1) is 0 Å². The molecule has 70 heavy (non-hydrogen) atoms. The SMILES string of the molecule is CCCCCC/C=C\C/C=C\CCCCCCCC(=O)OCCCCCC/C=C\CCCCCCCCCC(=O)NC(CO)C(O)CCCCCCCCCCCCCCCCCCCCCCCC. The summed E-state index contributed by atoms with van der Waals surface area (Å²) in [5, 5.41) is 23.4. The van der Waals surface area contributed by atoms with Crippen LogP contribution >= 0.6 is 0 Å². The van der Waals surface area contributed by atoms with Gasteiger partial charge in [-0.05, 0) is 83.5 Å². The number of rotatable bonds is 58. The van der Waals surface area contributed by atoms with Crippen molar-refractivity contribution >= 4 is 11.9 Å². The van der Waals surface area contributed by atoms with Crippen LogP contribution < -0.4 is 5.32 Å². The molecule has 6 nitrogen and oxygen atoms in total. The zero-order chi connectivity index (χ0) is 50.7. The van der Waals surface area contributed by atoms with Gasteiger partial charge in [0.15, 0.2) is 0 Å². The number of carbonyl (C=O) groups is 2. The zero-order valence-electron chi connectivity index (χ0n) is 47.0. The second-order valence-corrected chi connectivity index (χ2v) is 21.4. The highest BCUT2D eigenvalue weighted by Gasteiger charge is 2.20. The largest absolute Gasteiger partial charge is 0.466 e. The molecule has 2 unspecified atom stereocenters. The van der Waals surface area contributed by atoms with Gasteiger partial charge in [-0.1, -0.05) is 275 Å². The van der Waals surface area contributed by atoms with E-state index in [1.165, 1.54) is 225 Å². The summed E-state index contributed by atoms with van der Waals surface area (Å²) in [6.45, 7) is 4.91. The van der Waals surface area contributed by atoms with Crippen LogP contribution in [0.3, 0.4) is 0 Å². The predicted molar refractivity (Wildman–Crippen MR) is 306 cm³/mol. The maximum Gasteiger partial charge on any atom is 0.305 e. The number of esters is 1. The van der Waals surface area contributed by atoms with Crippen molar-refractivity contribution in [3.8, 4) is 0 Å². The Bertz CT molecular complexity index is 1130. The van der Waals surface area contributed by atoms with Gasteiger partial charge >= 0.3 is 5.97 Å². The van der Waals surface area contributed by atoms with E-state index in [4.69, 9.17) is 4.74 Å². The molecule has 0 spiro atoms. The van der Waals surface area contributed by atoms with Crippen LogP contribution in [-0.2, 0) is 14.3 Å². The van der Waals surface area contributed by atoms with Crippen molar-refractivity contribution in [2.45, 2.75) is 347 Å². The molecule has 0 rings (SSSR count). The Morgan fingerprint density at radius 2 is 0.714 bits per heavy atom. The van der Waals surface area contributed by atoms with Gasteiger partial charge in [0.1, 0.15) is 0 Å². The molecule has 0 aromatic carbocycles. The van der Waals surface area contributed by atoms with E-state index < -0.39 is 12.1 Å². The third kappa shape index (κ3) is 55.4. The molecule has 0 aromatic rings. The molecule has 6 heteroatoms. The van der Waals surface area contributed by atoms with Gasteiger partial charge in [0, 0.05) is 12.8 Å². The molecule has 0 aliphatic heterocycles. The number of carbonyl (C=O) groups excluding carboxylic acids is 2. The number of allylic oxidation sites excluding steroid dienone is 6. The van der Waals surface area contributed by atoms with Crippen molar-refractivity contribution in [1.29, 1.82) is 0 Å². The Morgan fingerprint density at radius 1 is 0.400 bits per heavy atom. The van der Waals surface area contributed by atoms with Gasteiger partial charge in [-0.25, -0.2) is 0 Å². The number of hydrogen-bond acceptors (Lipinski definition) is 5. The maximum atomic E-state index is 12.5. The second-order valence-electron chi connectivity index (χ2n) is 21.4. The highest BCUT2D eigenvalue weighted by atomic mass is 16.5. The summed E-state index contributed by atoms with van der Waals surface area (Å²) in [4.78, 5) is 24.6. The number of nitrogens with one attached hydrogen (secondary N) is 1. The van der Waals surface area contributed by atoms with Crippen LogP contribution in [0.2, 0.25) is 0 Å². The van der Waals surface area contributed by atoms with Crippen LogP contribution in [0.25, 0.3) is 0 Å². The summed E-state index contributed by atoms with van der Waals surface area (Å²) < 4.78 is 5.46. The van der Waals surface area contributed by atoms with Gasteiger partial charge in [-0.15, -0.1) is 0 Å². The molecule has 412 valence electrons. The van der Waals surface area contributed by atoms with Gasteiger partial charge in [0.05, 0.1) is 25.4 Å². The van der Waals surface area contributed by atoms with Crippen molar-refractivity contribution < 1.29 is 24.5 Å². The fraction of sp³-hybridized carbons (Fsp3) is 0.875. The Morgan fingerprint density at radius 3 is 1.11 bits per heavy atom. The maximum absolute atomic E-state index is 12.5. The zero-order valence-corrected chi connectivity index (χ0v) is 47.0. The van der Waals surface area contributed by atoms with E-state index in [0.29, 0.717) is 25.9 Å². The van der Waals surface area contributed by atoms with Crippen LogP contribution in [0.5, 0.6) is 0 Å². The molecule has 0 aliphatic carbocycles. The van der Waals surface area contributed by atoms with Gasteiger partial charge < -0.3 is 20.3 Å². The molecular formula is C64H121NO5. The molecule has 0 aliphatic rings. The van der Waals surface area contributed by atoms with Crippen molar-refractivity contribution in [2.75, 3.05) is 13.2 Å². The van der Waals surface area contributed by atoms with Gasteiger partial charge in [-0.3, -0.25) is 9.59 Å². The van der Waals surface area contributed by atoms with Gasteiger partial charge in [0.2, 0.25) is 5.91 Å². The standard InChI is InChI=1S/C64H121NO5/c1-3-5-7-9-11-13-15-17-19-21-22-23-24-25-26-28-32-36-40-44-48-52-56-62(67)61(60-66)65-63(68)57-53-49-45-41-37-33-29-27-31-35-39-43-47-51-55-59-70-64(69)58-54-50-46-42-38-34-30-20-18-16-14-12-10-8-6-4-2/h14,16,20,30-31,35,61-62,66-67H,3-13,15,17-19,21-29,32-34,36-60H2,1-2H3,(H,65,68)/b16-14-,30-20-,35-31-. The second kappa shape index (κ2) is 59.6. The van der Waals surface area contributed by atoms with E-state index in [0.717, 1.165) is 77.0 Å². The first-order valence-electron chi connectivity index (χ1n) is 31.2. The van der Waals surface area contributed by atoms with E-state index in [-0.39, 0.29) is 18.5 Å². The quantitative estimate of drug-likeness (QED) is 0.0321. The Balaban J connectivity index is 3.48. The van der Waals surface area contributed by atoms with E-state index >= 15 is 0 Å². The minimum Gasteiger partial charge on any atom is -0.466 e. The lowest BCUT2D eigenvalue weighted by molar-refractivity contribution is -0.143. The average Bonchev–Trinajstić information content (AvgIpc) is 3.36. The molecule has 0 bridgehead atoms. The van der Waals surface area contributed by atoms with Crippen molar-refractivity contribution in [2.24, 2.45) is 0 Å². The van der Waals surface area contributed by atoms with Gasteiger partial charge in [0.25, 0.3) is 0 Å². The minimum atomic E-state index is -0.676. The number of ether oxygens (including phenoxy) is 1. The van der Waals surface area contributed by atoms with E-state index in [1.807, 2.05) is 0 Å². The van der Waals surface area contributed by atoms with E-state index in [1.54, 1.807) is 0 Å². The third-order valence-corrected chi connectivity index (χ3v) is 14.4. The van der Waals surface area contributed by atoms with Crippen LogP contribution in [-0.4, -0.2) is 47.4 Å². The fourth-order valence-corrected chi connectivity index (χ4v) is 9.61. The number of hydrogen-bond donors (Lipinski definition) is 3. The first-order chi connectivity index (χ1) is 34.5. The summed E-state index contributed by atoms with van der Waals surface area (Å²) in [6, 6.07) is -0.555. The highest BCUT2D eigenvalue weighted by Crippen LogP contribution is 2.17. The number of aliphatic hydroxyl groups is 2. The lowest BCUT2D eigenvalue weighted by atomic mass is 10.0. The van der Waals surface area contributed by atoms with Crippen LogP contribution in [0.4, 0.5) is 0 Å². The van der Waals surface area contributed by atoms with E-state index in [9.17, 15) is 19.8 Å². The molecule has 1 amide bonds. The van der Waals surface area contributed by atoms with Gasteiger partial charge in [-0.2, -0.15) is 0 Å². The molecule has 0 heterocycles. The Kier molecular flexibility index (Phi) is 58.0. The molecular weight excluding hydrogens is 863 g/mol. The normalized spacial score (nSPS) is 12.8. The highest BCUT2D eigenvalue weighted by molar-refractivity contribution is 5.76. The molecule has 0 fully saturated rings. The lowest BCUT2D eigenvalue weighted by Crippen LogP contribution is -2.45. The average molecular weight is 985 g/mol. The number of aliphatic hydroxyl groups excluding tert-OH is 2. The smallest absolute Gasteiger partial charge is 0.305 e. The minimum absolute atomic E-state index is 0.0230. The fourth-order valence-electron chi connectivity index (χ4n) is 9.61. The first kappa shape index (κ1) is 68.1. The number of amides is 1. The molecule has 0 radical (unpaired) electrons. The molecule has 2 atom stereocenters. The first-order valence-corrected chi connectivity index (χ1v) is 31.2. The topological polar surface area (TPSA) is 95.9 Å². The third-order valence-electron chi connectivity index (χ3n) is 14.4. The predicted octanol–water partition coefficient (Wildman–Crippen LogP) is 19.6. The summed E-state index contributed by atoms with van der Waals surface area (Å²) >= 11 is 0. The monoisotopic (exact) mass is 984 g/mol. The van der Waals surface area contributed by atoms with Crippen LogP contribution in [0.15, 0.2) is 36.5 Å². The van der Waals surface area contributed by atoms with E-state index in [2.05, 4.69) is 55.6 Å². The van der Waals surface area contributed by atoms with Crippen molar-refractivity contribution in [1.82, 2.24) is 5.32 Å². The summed E-state index contributed by atoms with van der Waals surface area (Å²) in [7, 11) is 0. The molecule has 0 saturated carbocycles. The molecule has 0 saturated heterocycles.